The second-order valence-electron chi connectivity index (χ2n) is 6.30. The molecule has 0 unspecified atom stereocenters. The number of methoxy groups -OCH3 is 1. The second-order valence-corrected chi connectivity index (χ2v) is 7.15. The first kappa shape index (κ1) is 22.7. The number of carbonyl (C=O) groups excluding carboxylic acids is 2. The molecule has 7 nitrogen and oxygen atoms in total. The fourth-order valence-electron chi connectivity index (χ4n) is 2.40. The Morgan fingerprint density at radius 1 is 1.10 bits per heavy atom. The van der Waals surface area contributed by atoms with Crippen LogP contribution in [0.1, 0.15) is 35.7 Å². The van der Waals surface area contributed by atoms with Crippen LogP contribution >= 0.6 is 15.9 Å². The average Bonchev–Trinajstić information content (AvgIpc) is 2.71. The molecule has 2 aromatic carbocycles. The van der Waals surface area contributed by atoms with E-state index in [1.54, 1.807) is 24.3 Å². The van der Waals surface area contributed by atoms with Gasteiger partial charge in [0.25, 0.3) is 11.8 Å². The summed E-state index contributed by atoms with van der Waals surface area (Å²) in [5.41, 5.74) is 4.22. The van der Waals surface area contributed by atoms with Crippen LogP contribution in [-0.2, 0) is 9.63 Å². The molecule has 2 aromatic rings. The van der Waals surface area contributed by atoms with Crippen LogP contribution in [0.5, 0.6) is 11.5 Å². The largest absolute Gasteiger partial charge is 0.493 e. The molecule has 0 aliphatic heterocycles. The maximum Gasteiger partial charge on any atom is 0.274 e. The van der Waals surface area contributed by atoms with Crippen molar-refractivity contribution < 1.29 is 23.9 Å². The summed E-state index contributed by atoms with van der Waals surface area (Å²) in [5.74, 6) is 0.152. The molecule has 0 radical (unpaired) electrons. The van der Waals surface area contributed by atoms with Crippen LogP contribution < -0.4 is 20.3 Å². The molecule has 0 spiro atoms. The fourth-order valence-corrected chi connectivity index (χ4v) is 2.65. The third-order valence-corrected chi connectivity index (χ3v) is 4.88. The van der Waals surface area contributed by atoms with E-state index in [1.807, 2.05) is 19.1 Å². The third-order valence-electron chi connectivity index (χ3n) is 3.99. The number of hydroxylamine groups is 1. The topological polar surface area (TPSA) is 85.9 Å². The maximum absolute atomic E-state index is 12.2. The summed E-state index contributed by atoms with van der Waals surface area (Å²) >= 11 is 3.40. The molecule has 2 N–H and O–H groups in total. The predicted octanol–water partition coefficient (Wildman–Crippen LogP) is 4.25. The molecule has 29 heavy (non-hydrogen) atoms. The summed E-state index contributed by atoms with van der Waals surface area (Å²) in [6.07, 6.45) is 1.95. The summed E-state index contributed by atoms with van der Waals surface area (Å²) < 4.78 is 11.9. The zero-order valence-corrected chi connectivity index (χ0v) is 18.3. The Hall–Kier alpha value is -2.58. The van der Waals surface area contributed by atoms with Crippen LogP contribution in [0.2, 0.25) is 0 Å². The van der Waals surface area contributed by atoms with Gasteiger partial charge in [-0.25, -0.2) is 5.48 Å². The van der Waals surface area contributed by atoms with Crippen LogP contribution in [0.15, 0.2) is 40.9 Å². The van der Waals surface area contributed by atoms with Gasteiger partial charge in [-0.15, -0.1) is 0 Å². The summed E-state index contributed by atoms with van der Waals surface area (Å²) in [4.78, 5) is 29.2. The number of aryl methyl sites for hydroxylation is 1. The molecule has 0 saturated heterocycles. The van der Waals surface area contributed by atoms with Crippen molar-refractivity contribution >= 4 is 33.4 Å². The number of hydrogen-bond donors (Lipinski definition) is 2. The van der Waals surface area contributed by atoms with Gasteiger partial charge in [0.15, 0.2) is 18.1 Å². The minimum atomic E-state index is -0.490. The summed E-state index contributed by atoms with van der Waals surface area (Å²) in [6, 6.07) is 10.3. The monoisotopic (exact) mass is 464 g/mol. The lowest BCUT2D eigenvalue weighted by atomic mass is 10.2. The Labute approximate surface area is 178 Å². The molecule has 0 aliphatic rings. The second kappa shape index (κ2) is 11.4. The van der Waals surface area contributed by atoms with Crippen molar-refractivity contribution in [3.63, 3.8) is 0 Å². The molecule has 156 valence electrons. The van der Waals surface area contributed by atoms with E-state index >= 15 is 0 Å². The Kier molecular flexibility index (Phi) is 8.95. The molecule has 0 atom stereocenters. The van der Waals surface area contributed by atoms with Crippen molar-refractivity contribution in [2.75, 3.05) is 25.6 Å². The number of amides is 2. The number of hydrogen-bond acceptors (Lipinski definition) is 5. The first-order valence-corrected chi connectivity index (χ1v) is 10.0. The molecule has 2 amide bonds. The quantitative estimate of drug-likeness (QED) is 0.405. The molecule has 0 aliphatic carbocycles. The summed E-state index contributed by atoms with van der Waals surface area (Å²) in [6.45, 7) is 4.25. The molecule has 0 heterocycles. The highest BCUT2D eigenvalue weighted by molar-refractivity contribution is 9.10. The zero-order valence-electron chi connectivity index (χ0n) is 16.7. The van der Waals surface area contributed by atoms with E-state index in [1.165, 1.54) is 7.11 Å². The molecule has 0 fully saturated rings. The van der Waals surface area contributed by atoms with E-state index < -0.39 is 5.91 Å². The Bertz CT molecular complexity index is 857. The Morgan fingerprint density at radius 2 is 1.90 bits per heavy atom. The number of rotatable bonds is 10. The Morgan fingerprint density at radius 3 is 2.59 bits per heavy atom. The number of nitrogens with one attached hydrogen (secondary N) is 2. The van der Waals surface area contributed by atoms with Crippen LogP contribution in [0.3, 0.4) is 0 Å². The lowest BCUT2D eigenvalue weighted by Crippen LogP contribution is -2.29. The van der Waals surface area contributed by atoms with E-state index in [2.05, 4.69) is 33.7 Å². The smallest absolute Gasteiger partial charge is 0.274 e. The van der Waals surface area contributed by atoms with Crippen LogP contribution in [0.25, 0.3) is 0 Å². The fraction of sp³-hybridized carbons (Fsp3) is 0.333. The molecule has 0 aromatic heterocycles. The van der Waals surface area contributed by atoms with Crippen LogP contribution in [0.4, 0.5) is 5.69 Å². The van der Waals surface area contributed by atoms with E-state index in [4.69, 9.17) is 14.3 Å². The highest BCUT2D eigenvalue weighted by atomic mass is 79.9. The zero-order chi connectivity index (χ0) is 21.2. The van der Waals surface area contributed by atoms with Gasteiger partial charge in [0.1, 0.15) is 0 Å². The van der Waals surface area contributed by atoms with Crippen molar-refractivity contribution in [2.24, 2.45) is 0 Å². The average molecular weight is 465 g/mol. The molecule has 0 bridgehead atoms. The SMILES string of the molecule is CCCCOc1ccc(C(=O)NOCC(=O)Nc2ccc(Br)c(C)c2)cc1OC. The van der Waals surface area contributed by atoms with Gasteiger partial charge in [0.05, 0.1) is 13.7 Å². The molecular formula is C21H25BrN2O5. The molecule has 0 saturated carbocycles. The summed E-state index contributed by atoms with van der Waals surface area (Å²) in [7, 11) is 1.51. The van der Waals surface area contributed by atoms with Gasteiger partial charge in [0.2, 0.25) is 0 Å². The van der Waals surface area contributed by atoms with Gasteiger partial charge in [-0.05, 0) is 55.3 Å². The minimum absolute atomic E-state index is 0.323. The highest BCUT2D eigenvalue weighted by Gasteiger charge is 2.12. The summed E-state index contributed by atoms with van der Waals surface area (Å²) in [5, 5.41) is 2.70. The highest BCUT2D eigenvalue weighted by Crippen LogP contribution is 2.28. The van der Waals surface area contributed by atoms with Crippen molar-refractivity contribution in [1.29, 1.82) is 0 Å². The van der Waals surface area contributed by atoms with E-state index in [0.717, 1.165) is 22.9 Å². The van der Waals surface area contributed by atoms with Crippen molar-refractivity contribution in [3.05, 3.63) is 52.0 Å². The standard InChI is InChI=1S/C21H25BrN2O5/c1-4-5-10-28-18-9-6-15(12-19(18)27-3)21(26)24-29-13-20(25)23-16-7-8-17(22)14(2)11-16/h6-9,11-12H,4-5,10,13H2,1-3H3,(H,23,25)(H,24,26). The lowest BCUT2D eigenvalue weighted by molar-refractivity contribution is -0.122. The number of carbonyl (C=O) groups is 2. The number of ether oxygens (including phenoxy) is 2. The van der Waals surface area contributed by atoms with Crippen LogP contribution in [0, 0.1) is 6.92 Å². The van der Waals surface area contributed by atoms with E-state index in [-0.39, 0.29) is 12.5 Å². The van der Waals surface area contributed by atoms with Crippen molar-refractivity contribution in [2.45, 2.75) is 26.7 Å². The van der Waals surface area contributed by atoms with Gasteiger partial charge >= 0.3 is 0 Å². The molecule has 8 heteroatoms. The van der Waals surface area contributed by atoms with Crippen LogP contribution in [-0.4, -0.2) is 32.1 Å². The van der Waals surface area contributed by atoms with E-state index in [0.29, 0.717) is 29.4 Å². The minimum Gasteiger partial charge on any atom is -0.493 e. The number of anilines is 1. The van der Waals surface area contributed by atoms with Gasteiger partial charge in [0, 0.05) is 15.7 Å². The van der Waals surface area contributed by atoms with Crippen molar-refractivity contribution in [3.8, 4) is 11.5 Å². The van der Waals surface area contributed by atoms with Gasteiger partial charge in [-0.2, -0.15) is 0 Å². The van der Waals surface area contributed by atoms with Crippen molar-refractivity contribution in [1.82, 2.24) is 5.48 Å². The predicted molar refractivity (Wildman–Crippen MR) is 114 cm³/mol. The van der Waals surface area contributed by atoms with Gasteiger partial charge < -0.3 is 14.8 Å². The van der Waals surface area contributed by atoms with Gasteiger partial charge in [-0.1, -0.05) is 29.3 Å². The van der Waals surface area contributed by atoms with Gasteiger partial charge in [-0.3, -0.25) is 14.4 Å². The number of halogens is 1. The maximum atomic E-state index is 12.2. The lowest BCUT2D eigenvalue weighted by Gasteiger charge is -2.12. The first-order valence-electron chi connectivity index (χ1n) is 9.23. The third kappa shape index (κ3) is 7.07. The van der Waals surface area contributed by atoms with E-state index in [9.17, 15) is 9.59 Å². The Balaban J connectivity index is 1.85. The normalized spacial score (nSPS) is 10.3. The molecular weight excluding hydrogens is 440 g/mol. The number of benzene rings is 2. The molecule has 2 rings (SSSR count). The number of unbranched alkanes of at least 4 members (excludes halogenated alkanes) is 1. The first-order chi connectivity index (χ1) is 13.9.